The highest BCUT2D eigenvalue weighted by molar-refractivity contribution is 9.10. The van der Waals surface area contributed by atoms with Crippen LogP contribution in [-0.2, 0) is 10.0 Å². The average molecular weight is 474 g/mol. The number of hydrazone groups is 1. The zero-order valence-corrected chi connectivity index (χ0v) is 17.6. The van der Waals surface area contributed by atoms with Gasteiger partial charge in [0.1, 0.15) is 0 Å². The van der Waals surface area contributed by atoms with Crippen LogP contribution in [0, 0.1) is 0 Å². The lowest BCUT2D eigenvalue weighted by Crippen LogP contribution is -2.18. The zero-order valence-electron chi connectivity index (χ0n) is 14.4. The van der Waals surface area contributed by atoms with Gasteiger partial charge in [-0.25, -0.2) is 4.83 Å². The van der Waals surface area contributed by atoms with E-state index >= 15 is 0 Å². The topological polar surface area (TPSA) is 58.5 Å². The molecule has 0 amide bonds. The number of halogens is 2. The highest BCUT2D eigenvalue weighted by Gasteiger charge is 2.13. The van der Waals surface area contributed by atoms with Crippen molar-refractivity contribution in [2.75, 3.05) is 0 Å². The fraction of sp³-hybridized carbons (Fsp3) is 0. The Morgan fingerprint density at radius 3 is 1.86 bits per heavy atom. The van der Waals surface area contributed by atoms with Gasteiger partial charge < -0.3 is 0 Å². The van der Waals surface area contributed by atoms with Gasteiger partial charge in [-0.3, -0.25) is 0 Å². The Balaban J connectivity index is 1.79. The van der Waals surface area contributed by atoms with E-state index in [1.165, 1.54) is 18.3 Å². The van der Waals surface area contributed by atoms with Crippen molar-refractivity contribution in [1.29, 1.82) is 0 Å². The molecule has 4 aromatic carbocycles. The zero-order chi connectivity index (χ0) is 19.7. The summed E-state index contributed by atoms with van der Waals surface area (Å²) >= 11 is 9.88. The molecule has 4 rings (SSSR count). The Bertz CT molecular complexity index is 1260. The average Bonchev–Trinajstić information content (AvgIpc) is 2.71. The molecule has 0 radical (unpaired) electrons. The molecule has 0 bridgehead atoms. The van der Waals surface area contributed by atoms with E-state index in [-0.39, 0.29) is 4.90 Å². The number of fused-ring (bicyclic) bond motifs is 2. The molecule has 0 spiro atoms. The van der Waals surface area contributed by atoms with Crippen molar-refractivity contribution < 1.29 is 8.42 Å². The molecule has 0 saturated carbocycles. The second kappa shape index (κ2) is 7.54. The minimum Gasteiger partial charge on any atom is -0.200 e. The summed E-state index contributed by atoms with van der Waals surface area (Å²) in [7, 11) is -3.76. The van der Waals surface area contributed by atoms with Crippen molar-refractivity contribution in [3.63, 3.8) is 0 Å². The third-order valence-electron chi connectivity index (χ3n) is 4.40. The van der Waals surface area contributed by atoms with Gasteiger partial charge in [0.15, 0.2) is 0 Å². The van der Waals surface area contributed by atoms with Crippen molar-refractivity contribution in [3.8, 4) is 0 Å². The number of nitrogens with zero attached hydrogens (tertiary/aromatic N) is 1. The molecule has 0 aliphatic carbocycles. The van der Waals surface area contributed by atoms with Crippen molar-refractivity contribution in [2.24, 2.45) is 5.10 Å². The van der Waals surface area contributed by atoms with Gasteiger partial charge in [-0.05, 0) is 35.0 Å². The molecule has 0 aromatic heterocycles. The summed E-state index contributed by atoms with van der Waals surface area (Å²) in [6.07, 6.45) is 1.53. The molecular formula is C21H14BrClN2O2S. The molecule has 4 aromatic rings. The molecule has 0 aliphatic heterocycles. The van der Waals surface area contributed by atoms with Crippen LogP contribution >= 0.6 is 27.5 Å². The van der Waals surface area contributed by atoms with Crippen LogP contribution in [0.4, 0.5) is 0 Å². The summed E-state index contributed by atoms with van der Waals surface area (Å²) < 4.78 is 25.7. The van der Waals surface area contributed by atoms with E-state index in [1.54, 1.807) is 12.1 Å². The fourth-order valence-corrected chi connectivity index (χ4v) is 4.46. The molecule has 4 nitrogen and oxygen atoms in total. The number of sulfonamides is 1. The van der Waals surface area contributed by atoms with Gasteiger partial charge >= 0.3 is 0 Å². The van der Waals surface area contributed by atoms with E-state index < -0.39 is 10.0 Å². The maximum Gasteiger partial charge on any atom is 0.276 e. The summed E-state index contributed by atoms with van der Waals surface area (Å²) in [6, 6.07) is 21.8. The van der Waals surface area contributed by atoms with Crippen molar-refractivity contribution >= 4 is 65.3 Å². The van der Waals surface area contributed by atoms with E-state index in [4.69, 9.17) is 11.6 Å². The van der Waals surface area contributed by atoms with Crippen LogP contribution in [0.15, 0.2) is 87.3 Å². The van der Waals surface area contributed by atoms with E-state index in [2.05, 4.69) is 25.9 Å². The highest BCUT2D eigenvalue weighted by Crippen LogP contribution is 2.35. The molecule has 7 heteroatoms. The number of benzene rings is 4. The molecule has 0 heterocycles. The van der Waals surface area contributed by atoms with E-state index in [0.717, 1.165) is 31.6 Å². The number of nitrogens with one attached hydrogen (secondary N) is 1. The molecule has 28 heavy (non-hydrogen) atoms. The maximum atomic E-state index is 12.5. The van der Waals surface area contributed by atoms with Gasteiger partial charge in [0.25, 0.3) is 10.0 Å². The van der Waals surface area contributed by atoms with Gasteiger partial charge in [0, 0.05) is 20.8 Å². The lowest BCUT2D eigenvalue weighted by atomic mass is 9.97. The Kier molecular flexibility index (Phi) is 5.10. The Morgan fingerprint density at radius 2 is 1.32 bits per heavy atom. The number of rotatable bonds is 4. The Morgan fingerprint density at radius 1 is 0.821 bits per heavy atom. The van der Waals surface area contributed by atoms with Crippen LogP contribution in [0.3, 0.4) is 0 Å². The van der Waals surface area contributed by atoms with Crippen LogP contribution in [0.1, 0.15) is 5.56 Å². The lowest BCUT2D eigenvalue weighted by Gasteiger charge is -2.10. The SMILES string of the molecule is O=S(=O)(NN=Cc1c2ccccc2c(Cl)c2ccccc12)c1ccc(Br)cc1. The molecule has 0 fully saturated rings. The molecule has 140 valence electrons. The second-order valence-electron chi connectivity index (χ2n) is 6.13. The van der Waals surface area contributed by atoms with Crippen LogP contribution in [0.5, 0.6) is 0 Å². The fourth-order valence-electron chi connectivity index (χ4n) is 3.07. The Hall–Kier alpha value is -2.41. The molecule has 0 saturated heterocycles. The van der Waals surface area contributed by atoms with Crippen molar-refractivity contribution in [2.45, 2.75) is 4.90 Å². The van der Waals surface area contributed by atoms with E-state index in [1.807, 2.05) is 48.5 Å². The van der Waals surface area contributed by atoms with E-state index in [0.29, 0.717) is 5.02 Å². The minimum absolute atomic E-state index is 0.138. The van der Waals surface area contributed by atoms with Crippen LogP contribution in [-0.4, -0.2) is 14.6 Å². The summed E-state index contributed by atoms with van der Waals surface area (Å²) in [5.74, 6) is 0. The molecule has 0 aliphatic rings. The van der Waals surface area contributed by atoms with Gasteiger partial charge in [-0.15, -0.1) is 0 Å². The second-order valence-corrected chi connectivity index (χ2v) is 9.08. The number of hydrogen-bond donors (Lipinski definition) is 1. The van der Waals surface area contributed by atoms with Crippen LogP contribution in [0.2, 0.25) is 5.02 Å². The third-order valence-corrected chi connectivity index (χ3v) is 6.57. The monoisotopic (exact) mass is 472 g/mol. The minimum atomic E-state index is -3.76. The molecule has 1 N–H and O–H groups in total. The van der Waals surface area contributed by atoms with Gasteiger partial charge in [-0.1, -0.05) is 76.1 Å². The quantitative estimate of drug-likeness (QED) is 0.234. The van der Waals surface area contributed by atoms with E-state index in [9.17, 15) is 8.42 Å². The molecular weight excluding hydrogens is 460 g/mol. The Labute approximate surface area is 176 Å². The first kappa shape index (κ1) is 18.9. The van der Waals surface area contributed by atoms with Gasteiger partial charge in [-0.2, -0.15) is 13.5 Å². The summed E-state index contributed by atoms with van der Waals surface area (Å²) in [5, 5.41) is 8.27. The highest BCUT2D eigenvalue weighted by atomic mass is 79.9. The summed E-state index contributed by atoms with van der Waals surface area (Å²) in [6.45, 7) is 0. The number of hydrogen-bond acceptors (Lipinski definition) is 3. The lowest BCUT2D eigenvalue weighted by molar-refractivity contribution is 0.584. The van der Waals surface area contributed by atoms with Crippen LogP contribution in [0.25, 0.3) is 21.5 Å². The van der Waals surface area contributed by atoms with Crippen LogP contribution < -0.4 is 4.83 Å². The largest absolute Gasteiger partial charge is 0.276 e. The molecule has 0 atom stereocenters. The molecule has 0 unspecified atom stereocenters. The summed E-state index contributed by atoms with van der Waals surface area (Å²) in [4.78, 5) is 2.42. The third kappa shape index (κ3) is 3.51. The van der Waals surface area contributed by atoms with Gasteiger partial charge in [0.2, 0.25) is 0 Å². The smallest absolute Gasteiger partial charge is 0.200 e. The summed E-state index contributed by atoms with van der Waals surface area (Å²) in [5.41, 5.74) is 0.800. The predicted molar refractivity (Wildman–Crippen MR) is 119 cm³/mol. The van der Waals surface area contributed by atoms with Gasteiger partial charge in [0.05, 0.1) is 16.1 Å². The normalized spacial score (nSPS) is 12.1. The maximum absolute atomic E-state index is 12.5. The standard InChI is InChI=1S/C21H14BrClN2O2S/c22-14-9-11-15(12-10-14)28(26,27)25-24-13-20-16-5-1-3-7-18(16)21(23)19-8-4-2-6-17(19)20/h1-13,25H. The predicted octanol–water partition coefficient (Wildman–Crippen LogP) is 5.72. The van der Waals surface area contributed by atoms with Crippen molar-refractivity contribution in [1.82, 2.24) is 4.83 Å². The van der Waals surface area contributed by atoms with Crippen molar-refractivity contribution in [3.05, 3.63) is 87.9 Å². The first-order valence-corrected chi connectivity index (χ1v) is 11.0. The first-order chi connectivity index (χ1) is 13.5. The first-order valence-electron chi connectivity index (χ1n) is 8.37.